The number of rotatable bonds is 5. The summed E-state index contributed by atoms with van der Waals surface area (Å²) in [7, 11) is -1.63. The molecule has 0 aromatic heterocycles. The monoisotopic (exact) mass is 411 g/mol. The van der Waals surface area contributed by atoms with Gasteiger partial charge < -0.3 is 9.74 Å². The molecule has 108 valence electrons. The first kappa shape index (κ1) is 17.3. The highest BCUT2D eigenvalue weighted by molar-refractivity contribution is 14.1. The first-order valence-electron chi connectivity index (χ1n) is 6.46. The van der Waals surface area contributed by atoms with Crippen molar-refractivity contribution in [3.63, 3.8) is 0 Å². The zero-order valence-electron chi connectivity index (χ0n) is 12.3. The molecule has 5 heteroatoms. The zero-order chi connectivity index (χ0) is 14.7. The molecule has 0 aliphatic heterocycles. The summed E-state index contributed by atoms with van der Waals surface area (Å²) >= 11 is 8.31. The van der Waals surface area contributed by atoms with E-state index in [-0.39, 0.29) is 5.04 Å². The minimum Gasteiger partial charge on any atom is -0.415 e. The average molecular weight is 412 g/mol. The Hall–Kier alpha value is 0.217. The van der Waals surface area contributed by atoms with Crippen LogP contribution in [0.25, 0.3) is 0 Å². The second-order valence-corrected chi connectivity index (χ2v) is 12.5. The highest BCUT2D eigenvalue weighted by Crippen LogP contribution is 2.36. The van der Waals surface area contributed by atoms with Crippen molar-refractivity contribution < 1.29 is 4.43 Å². The van der Waals surface area contributed by atoms with Gasteiger partial charge in [-0.3, -0.25) is 0 Å². The molecule has 1 N–H and O–H groups in total. The average Bonchev–Trinajstić information content (AvgIpc) is 2.27. The Bertz CT molecular complexity index is 432. The third kappa shape index (κ3) is 5.25. The zero-order valence-corrected chi connectivity index (χ0v) is 16.2. The maximum absolute atomic E-state index is 6.11. The van der Waals surface area contributed by atoms with Crippen LogP contribution in [-0.2, 0) is 4.43 Å². The number of benzene rings is 1. The molecule has 0 bridgehead atoms. The highest BCUT2D eigenvalue weighted by atomic mass is 127. The molecule has 0 unspecified atom stereocenters. The van der Waals surface area contributed by atoms with Gasteiger partial charge in [-0.05, 0) is 58.9 Å². The van der Waals surface area contributed by atoms with Gasteiger partial charge in [-0.25, -0.2) is 0 Å². The first-order chi connectivity index (χ1) is 8.63. The van der Waals surface area contributed by atoms with E-state index in [4.69, 9.17) is 16.0 Å². The van der Waals surface area contributed by atoms with Crippen LogP contribution < -0.4 is 5.32 Å². The molecule has 0 spiro atoms. The predicted molar refractivity (Wildman–Crippen MR) is 95.8 cm³/mol. The molecule has 0 fully saturated rings. The van der Waals surface area contributed by atoms with Gasteiger partial charge >= 0.3 is 0 Å². The summed E-state index contributed by atoms with van der Waals surface area (Å²) in [6, 6.07) is 6.01. The van der Waals surface area contributed by atoms with Crippen LogP contribution in [0.2, 0.25) is 23.2 Å². The molecule has 0 radical (unpaired) electrons. The maximum atomic E-state index is 6.11. The Kier molecular flexibility index (Phi) is 6.16. The van der Waals surface area contributed by atoms with Crippen LogP contribution >= 0.6 is 34.2 Å². The van der Waals surface area contributed by atoms with Crippen LogP contribution in [0.15, 0.2) is 18.2 Å². The van der Waals surface area contributed by atoms with Crippen molar-refractivity contribution in [2.45, 2.75) is 38.9 Å². The van der Waals surface area contributed by atoms with Crippen molar-refractivity contribution in [3.05, 3.63) is 26.8 Å². The fraction of sp³-hybridized carbons (Fsp3) is 0.571. The summed E-state index contributed by atoms with van der Waals surface area (Å²) < 4.78 is 7.18. The van der Waals surface area contributed by atoms with Crippen molar-refractivity contribution in [2.75, 3.05) is 18.5 Å². The van der Waals surface area contributed by atoms with Gasteiger partial charge in [-0.2, -0.15) is 0 Å². The summed E-state index contributed by atoms with van der Waals surface area (Å²) in [6.45, 7) is 12.9. The molecule has 0 aliphatic rings. The lowest BCUT2D eigenvalue weighted by atomic mass is 10.2. The Morgan fingerprint density at radius 2 is 1.95 bits per heavy atom. The van der Waals surface area contributed by atoms with Crippen molar-refractivity contribution in [1.82, 2.24) is 0 Å². The summed E-state index contributed by atoms with van der Waals surface area (Å²) in [4.78, 5) is 0. The SMILES string of the molecule is CC(C)(C)[Si](C)(C)OCCNc1ccc(I)c(Cl)c1. The number of nitrogens with one attached hydrogen (secondary N) is 1. The normalized spacial score (nSPS) is 12.6. The van der Waals surface area contributed by atoms with Gasteiger partial charge in [0, 0.05) is 15.8 Å². The molecule has 0 aliphatic carbocycles. The van der Waals surface area contributed by atoms with Gasteiger partial charge in [0.1, 0.15) is 0 Å². The number of halogens is 2. The summed E-state index contributed by atoms with van der Waals surface area (Å²) in [6.07, 6.45) is 0. The van der Waals surface area contributed by atoms with Gasteiger partial charge in [-0.15, -0.1) is 0 Å². The van der Waals surface area contributed by atoms with Crippen LogP contribution in [-0.4, -0.2) is 21.5 Å². The summed E-state index contributed by atoms with van der Waals surface area (Å²) in [5.41, 5.74) is 1.05. The first-order valence-corrected chi connectivity index (χ1v) is 10.8. The predicted octanol–water partition coefficient (Wildman–Crippen LogP) is 5.38. The molecule has 1 aromatic rings. The quantitative estimate of drug-likeness (QED) is 0.399. The molecule has 1 aromatic carbocycles. The second kappa shape index (κ2) is 6.78. The standard InChI is InChI=1S/C14H23ClINOSi/c1-14(2,3)19(4,5)18-9-8-17-11-6-7-13(16)12(15)10-11/h6-7,10,17H,8-9H2,1-5H3. The molecule has 0 atom stereocenters. The van der Waals surface area contributed by atoms with E-state index >= 15 is 0 Å². The van der Waals surface area contributed by atoms with E-state index < -0.39 is 8.32 Å². The Labute approximate surface area is 136 Å². The van der Waals surface area contributed by atoms with Crippen molar-refractivity contribution in [1.29, 1.82) is 0 Å². The van der Waals surface area contributed by atoms with Crippen molar-refractivity contribution >= 4 is 48.2 Å². The van der Waals surface area contributed by atoms with E-state index in [1.165, 1.54) is 0 Å². The van der Waals surface area contributed by atoms with Crippen LogP contribution in [0.3, 0.4) is 0 Å². The Morgan fingerprint density at radius 1 is 1.32 bits per heavy atom. The second-order valence-electron chi connectivity index (χ2n) is 6.16. The lowest BCUT2D eigenvalue weighted by Crippen LogP contribution is -2.41. The highest BCUT2D eigenvalue weighted by Gasteiger charge is 2.36. The van der Waals surface area contributed by atoms with E-state index in [2.05, 4.69) is 61.8 Å². The minimum absolute atomic E-state index is 0.263. The van der Waals surface area contributed by atoms with Gasteiger partial charge in [0.05, 0.1) is 11.6 Å². The van der Waals surface area contributed by atoms with E-state index in [9.17, 15) is 0 Å². The number of anilines is 1. The van der Waals surface area contributed by atoms with E-state index in [1.807, 2.05) is 18.2 Å². The van der Waals surface area contributed by atoms with Gasteiger partial charge in [0.2, 0.25) is 0 Å². The third-order valence-corrected chi connectivity index (χ3v) is 9.73. The lowest BCUT2D eigenvalue weighted by molar-refractivity contribution is 0.301. The van der Waals surface area contributed by atoms with Crippen LogP contribution in [0.4, 0.5) is 5.69 Å². The lowest BCUT2D eigenvalue weighted by Gasteiger charge is -2.36. The maximum Gasteiger partial charge on any atom is 0.192 e. The van der Waals surface area contributed by atoms with E-state index in [0.29, 0.717) is 0 Å². The van der Waals surface area contributed by atoms with Crippen molar-refractivity contribution in [2.24, 2.45) is 0 Å². The summed E-state index contributed by atoms with van der Waals surface area (Å²) in [5, 5.41) is 4.40. The molecule has 0 saturated carbocycles. The Morgan fingerprint density at radius 3 is 2.47 bits per heavy atom. The van der Waals surface area contributed by atoms with Crippen molar-refractivity contribution in [3.8, 4) is 0 Å². The van der Waals surface area contributed by atoms with E-state index in [0.717, 1.165) is 27.4 Å². The smallest absolute Gasteiger partial charge is 0.192 e. The van der Waals surface area contributed by atoms with Gasteiger partial charge in [0.15, 0.2) is 8.32 Å². The van der Waals surface area contributed by atoms with E-state index in [1.54, 1.807) is 0 Å². The minimum atomic E-state index is -1.63. The molecule has 19 heavy (non-hydrogen) atoms. The molecule has 1 rings (SSSR count). The molecule has 2 nitrogen and oxygen atoms in total. The largest absolute Gasteiger partial charge is 0.415 e. The molecule has 0 heterocycles. The van der Waals surface area contributed by atoms with Crippen LogP contribution in [0.5, 0.6) is 0 Å². The fourth-order valence-electron chi connectivity index (χ4n) is 1.32. The Balaban J connectivity index is 2.41. The molecular weight excluding hydrogens is 389 g/mol. The third-order valence-electron chi connectivity index (χ3n) is 3.62. The van der Waals surface area contributed by atoms with Gasteiger partial charge in [-0.1, -0.05) is 32.4 Å². The molecule has 0 amide bonds. The molecular formula is C14H23ClINOSi. The van der Waals surface area contributed by atoms with Crippen LogP contribution in [0, 0.1) is 3.57 Å². The topological polar surface area (TPSA) is 21.3 Å². The number of hydrogen-bond acceptors (Lipinski definition) is 2. The number of hydrogen-bond donors (Lipinski definition) is 1. The fourth-order valence-corrected chi connectivity index (χ4v) is 2.89. The van der Waals surface area contributed by atoms with Crippen LogP contribution in [0.1, 0.15) is 20.8 Å². The molecule has 0 saturated heterocycles. The summed E-state index contributed by atoms with van der Waals surface area (Å²) in [5.74, 6) is 0. The van der Waals surface area contributed by atoms with Gasteiger partial charge in [0.25, 0.3) is 0 Å².